The number of allylic oxidation sites excluding steroid dienone is 1. The van der Waals surface area contributed by atoms with E-state index in [1.54, 1.807) is 0 Å². The van der Waals surface area contributed by atoms with Crippen molar-refractivity contribution < 1.29 is 0 Å². The van der Waals surface area contributed by atoms with Crippen LogP contribution in [0.5, 0.6) is 0 Å². The fourth-order valence-electron chi connectivity index (χ4n) is 2.05. The maximum absolute atomic E-state index is 4.68. The van der Waals surface area contributed by atoms with Gasteiger partial charge in [0.25, 0.3) is 0 Å². The molecule has 1 saturated heterocycles. The van der Waals surface area contributed by atoms with Crippen LogP contribution in [0.2, 0.25) is 0 Å². The second-order valence-electron chi connectivity index (χ2n) is 5.27. The Morgan fingerprint density at radius 2 is 2.06 bits per heavy atom. The third-order valence-corrected chi connectivity index (χ3v) is 4.31. The summed E-state index contributed by atoms with van der Waals surface area (Å²) in [6, 6.07) is 0. The molecule has 0 saturated carbocycles. The van der Waals surface area contributed by atoms with Gasteiger partial charge in [-0.25, -0.2) is 4.31 Å². The van der Waals surface area contributed by atoms with Crippen LogP contribution in [-0.2, 0) is 0 Å². The van der Waals surface area contributed by atoms with Gasteiger partial charge in [-0.05, 0) is 19.3 Å². The van der Waals surface area contributed by atoms with Crippen molar-refractivity contribution in [1.82, 2.24) is 14.5 Å². The third kappa shape index (κ3) is 3.90. The highest BCUT2D eigenvalue weighted by Crippen LogP contribution is 2.29. The molecule has 0 aromatic carbocycles. The first kappa shape index (κ1) is 14.9. The summed E-state index contributed by atoms with van der Waals surface area (Å²) >= 11 is 4.68. The van der Waals surface area contributed by atoms with E-state index >= 15 is 0 Å². The van der Waals surface area contributed by atoms with Crippen LogP contribution in [0.25, 0.3) is 0 Å². The van der Waals surface area contributed by atoms with Crippen molar-refractivity contribution in [3.05, 3.63) is 12.3 Å². The summed E-state index contributed by atoms with van der Waals surface area (Å²) in [4.78, 5) is 2.11. The Balaban J connectivity index is 2.42. The lowest BCUT2D eigenvalue weighted by molar-refractivity contribution is 0.112. The number of nitrogens with one attached hydrogen (secondary N) is 1. The maximum atomic E-state index is 4.68. The van der Waals surface area contributed by atoms with Crippen LogP contribution in [0.1, 0.15) is 32.6 Å². The molecule has 0 aliphatic carbocycles. The van der Waals surface area contributed by atoms with Gasteiger partial charge in [0.2, 0.25) is 0 Å². The van der Waals surface area contributed by atoms with Crippen molar-refractivity contribution in [3.8, 4) is 0 Å². The third-order valence-electron chi connectivity index (χ3n) is 3.69. The zero-order valence-electron chi connectivity index (χ0n) is 11.5. The van der Waals surface area contributed by atoms with Crippen molar-refractivity contribution in [3.63, 3.8) is 0 Å². The Kier molecular flexibility index (Phi) is 5.83. The number of rotatable bonds is 8. The lowest BCUT2D eigenvalue weighted by Gasteiger charge is -2.49. The van der Waals surface area contributed by atoms with Gasteiger partial charge in [0.05, 0.1) is 5.54 Å². The molecule has 0 aromatic rings. The Labute approximate surface area is 112 Å². The molecule has 0 atom stereocenters. The Morgan fingerprint density at radius 3 is 2.47 bits per heavy atom. The van der Waals surface area contributed by atoms with Crippen LogP contribution in [0.3, 0.4) is 0 Å². The summed E-state index contributed by atoms with van der Waals surface area (Å²) in [5, 5.41) is 3.38. The van der Waals surface area contributed by atoms with Crippen molar-refractivity contribution in [2.45, 2.75) is 38.1 Å². The predicted octanol–water partition coefficient (Wildman–Crippen LogP) is 2.13. The first-order valence-electron chi connectivity index (χ1n) is 6.54. The summed E-state index contributed by atoms with van der Waals surface area (Å²) in [6.45, 7) is 9.51. The molecule has 0 amide bonds. The van der Waals surface area contributed by atoms with Gasteiger partial charge in [-0.15, -0.1) is 0 Å². The van der Waals surface area contributed by atoms with Crippen LogP contribution in [-0.4, -0.2) is 48.5 Å². The van der Waals surface area contributed by atoms with E-state index in [2.05, 4.69) is 54.9 Å². The van der Waals surface area contributed by atoms with E-state index in [0.29, 0.717) is 0 Å². The summed E-state index contributed by atoms with van der Waals surface area (Å²) < 4.78 is 2.25. The number of thiol groups is 1. The molecule has 0 unspecified atom stereocenters. The van der Waals surface area contributed by atoms with Crippen LogP contribution in [0.4, 0.5) is 0 Å². The Hall–Kier alpha value is -0.190. The largest absolute Gasteiger partial charge is 0.381 e. The summed E-state index contributed by atoms with van der Waals surface area (Å²) in [5.74, 6) is 0. The van der Waals surface area contributed by atoms with Crippen molar-refractivity contribution in [2.75, 3.05) is 33.7 Å². The molecule has 3 nitrogen and oxygen atoms in total. The van der Waals surface area contributed by atoms with Gasteiger partial charge in [-0.3, -0.25) is 0 Å². The van der Waals surface area contributed by atoms with Crippen LogP contribution in [0.15, 0.2) is 12.3 Å². The molecular formula is C13H27N3S. The number of nitrogens with zero attached hydrogens (tertiary/aromatic N) is 2. The predicted molar refractivity (Wildman–Crippen MR) is 78.3 cm³/mol. The second kappa shape index (κ2) is 6.66. The molecule has 0 bridgehead atoms. The van der Waals surface area contributed by atoms with E-state index in [9.17, 15) is 0 Å². The monoisotopic (exact) mass is 257 g/mol. The van der Waals surface area contributed by atoms with Gasteiger partial charge in [0.15, 0.2) is 0 Å². The smallest absolute Gasteiger partial charge is 0.0563 e. The molecule has 1 aliphatic rings. The normalized spacial score (nSPS) is 17.9. The van der Waals surface area contributed by atoms with Crippen molar-refractivity contribution >= 4 is 12.8 Å². The Morgan fingerprint density at radius 1 is 1.41 bits per heavy atom. The van der Waals surface area contributed by atoms with Gasteiger partial charge in [-0.2, -0.15) is 0 Å². The zero-order chi connectivity index (χ0) is 12.9. The molecule has 100 valence electrons. The lowest BCUT2D eigenvalue weighted by atomic mass is 9.86. The molecule has 4 heteroatoms. The fraction of sp³-hybridized carbons (Fsp3) is 0.846. The first-order chi connectivity index (χ1) is 8.02. The summed E-state index contributed by atoms with van der Waals surface area (Å²) in [7, 11) is 4.12. The molecule has 1 aliphatic heterocycles. The van der Waals surface area contributed by atoms with Gasteiger partial charge >= 0.3 is 0 Å². The van der Waals surface area contributed by atoms with Crippen molar-refractivity contribution in [1.29, 1.82) is 0 Å². The average Bonchev–Trinajstić information content (AvgIpc) is 2.24. The first-order valence-corrected chi connectivity index (χ1v) is 6.94. The molecule has 0 aromatic heterocycles. The quantitative estimate of drug-likeness (QED) is 0.650. The zero-order valence-corrected chi connectivity index (χ0v) is 12.4. The van der Waals surface area contributed by atoms with Gasteiger partial charge in [0.1, 0.15) is 0 Å². The number of hydrogen-bond acceptors (Lipinski definition) is 4. The average molecular weight is 257 g/mol. The van der Waals surface area contributed by atoms with E-state index < -0.39 is 0 Å². The molecule has 0 spiro atoms. The lowest BCUT2D eigenvalue weighted by Crippen LogP contribution is -2.66. The van der Waals surface area contributed by atoms with Crippen LogP contribution < -0.4 is 5.32 Å². The maximum Gasteiger partial charge on any atom is 0.0563 e. The van der Waals surface area contributed by atoms with E-state index in [1.165, 1.54) is 18.5 Å². The molecule has 0 radical (unpaired) electrons. The number of hydrogen-bond donors (Lipinski definition) is 2. The SMILES string of the molecule is C=C(CCC1(N(S)CCCC)CNC1)N(C)C. The molecule has 1 fully saturated rings. The molecule has 1 N–H and O–H groups in total. The second-order valence-corrected chi connectivity index (χ2v) is 5.75. The minimum absolute atomic E-state index is 0.247. The topological polar surface area (TPSA) is 18.5 Å². The minimum Gasteiger partial charge on any atom is -0.381 e. The van der Waals surface area contributed by atoms with E-state index in [-0.39, 0.29) is 5.54 Å². The van der Waals surface area contributed by atoms with Gasteiger partial charge < -0.3 is 10.2 Å². The van der Waals surface area contributed by atoms with E-state index in [4.69, 9.17) is 0 Å². The summed E-state index contributed by atoms with van der Waals surface area (Å²) in [5.41, 5.74) is 1.45. The number of unbranched alkanes of at least 4 members (excludes halogenated alkanes) is 1. The minimum atomic E-state index is 0.247. The highest BCUT2D eigenvalue weighted by atomic mass is 32.1. The molecule has 17 heavy (non-hydrogen) atoms. The fourth-order valence-corrected chi connectivity index (χ4v) is 2.43. The van der Waals surface area contributed by atoms with Gasteiger partial charge in [-0.1, -0.05) is 32.7 Å². The highest BCUT2D eigenvalue weighted by Gasteiger charge is 2.40. The van der Waals surface area contributed by atoms with Crippen molar-refractivity contribution in [2.24, 2.45) is 0 Å². The molecule has 1 rings (SSSR count). The van der Waals surface area contributed by atoms with Crippen LogP contribution in [0, 0.1) is 0 Å². The summed E-state index contributed by atoms with van der Waals surface area (Å²) in [6.07, 6.45) is 4.65. The standard InChI is InChI=1S/C13H27N3S/c1-5-6-9-16(17)13(10-14-11-13)8-7-12(2)15(3)4/h14,17H,2,5-11H2,1,3-4H3. The van der Waals surface area contributed by atoms with E-state index in [1.807, 2.05) is 0 Å². The highest BCUT2D eigenvalue weighted by molar-refractivity contribution is 7.77. The Bertz CT molecular complexity index is 249. The molecule has 1 heterocycles. The van der Waals surface area contributed by atoms with Crippen LogP contribution >= 0.6 is 12.8 Å². The van der Waals surface area contributed by atoms with E-state index in [0.717, 1.165) is 32.5 Å². The van der Waals surface area contributed by atoms with Gasteiger partial charge in [0, 0.05) is 39.4 Å². The molecular weight excluding hydrogens is 230 g/mol.